The Balaban J connectivity index is 1.81. The summed E-state index contributed by atoms with van der Waals surface area (Å²) in [6, 6.07) is 13.0. The van der Waals surface area contributed by atoms with Crippen molar-refractivity contribution in [3.63, 3.8) is 0 Å². The van der Waals surface area contributed by atoms with Crippen molar-refractivity contribution in [3.05, 3.63) is 64.2 Å². The molecular formula is C20H20N4O5. The number of esters is 1. The molecular weight excluding hydrogens is 376 g/mol. The van der Waals surface area contributed by atoms with Crippen molar-refractivity contribution in [1.29, 1.82) is 0 Å². The molecule has 1 aromatic heterocycles. The van der Waals surface area contributed by atoms with Crippen LogP contribution in [0.3, 0.4) is 0 Å². The molecule has 0 saturated heterocycles. The Labute approximate surface area is 166 Å². The lowest BCUT2D eigenvalue weighted by Crippen LogP contribution is -2.16. The number of imidazole rings is 1. The molecule has 3 rings (SSSR count). The average Bonchev–Trinajstić information content (AvgIpc) is 3.08. The Hall–Kier alpha value is -3.75. The molecule has 2 aromatic carbocycles. The number of methoxy groups -OCH3 is 1. The van der Waals surface area contributed by atoms with Gasteiger partial charge in [0.15, 0.2) is 0 Å². The highest BCUT2D eigenvalue weighted by molar-refractivity contribution is 6.04. The van der Waals surface area contributed by atoms with Crippen LogP contribution in [-0.2, 0) is 16.1 Å². The number of amides is 1. The number of nitrogens with one attached hydrogen (secondary N) is 1. The van der Waals surface area contributed by atoms with E-state index in [4.69, 9.17) is 0 Å². The fraction of sp³-hybridized carbons (Fsp3) is 0.250. The molecule has 0 aliphatic heterocycles. The van der Waals surface area contributed by atoms with Gasteiger partial charge in [-0.1, -0.05) is 18.2 Å². The van der Waals surface area contributed by atoms with E-state index >= 15 is 0 Å². The van der Waals surface area contributed by atoms with Crippen molar-refractivity contribution in [2.24, 2.45) is 0 Å². The Morgan fingerprint density at radius 2 is 1.97 bits per heavy atom. The number of carbonyl (C=O) groups is 2. The number of hydrogen-bond acceptors (Lipinski definition) is 6. The molecule has 1 amide bonds. The van der Waals surface area contributed by atoms with Gasteiger partial charge in [-0.15, -0.1) is 0 Å². The number of unbranched alkanes of at least 4 members (excludes halogenated alkanes) is 1. The van der Waals surface area contributed by atoms with E-state index in [9.17, 15) is 19.7 Å². The molecule has 0 bridgehead atoms. The van der Waals surface area contributed by atoms with Gasteiger partial charge in [-0.2, -0.15) is 0 Å². The highest BCUT2D eigenvalue weighted by Gasteiger charge is 2.16. The summed E-state index contributed by atoms with van der Waals surface area (Å²) in [6.45, 7) is 0.544. The molecule has 150 valence electrons. The number of rotatable bonds is 8. The molecule has 0 unspecified atom stereocenters. The molecule has 9 heteroatoms. The Morgan fingerprint density at radius 1 is 1.17 bits per heavy atom. The fourth-order valence-electron chi connectivity index (χ4n) is 2.97. The van der Waals surface area contributed by atoms with Gasteiger partial charge in [0.05, 0.1) is 23.1 Å². The quantitative estimate of drug-likeness (QED) is 0.269. The smallest absolute Gasteiger partial charge is 0.305 e. The van der Waals surface area contributed by atoms with Gasteiger partial charge in [-0.05, 0) is 31.0 Å². The van der Waals surface area contributed by atoms with E-state index in [0.29, 0.717) is 31.8 Å². The van der Waals surface area contributed by atoms with Crippen molar-refractivity contribution in [1.82, 2.24) is 9.55 Å². The predicted octanol–water partition coefficient (Wildman–Crippen LogP) is 3.54. The molecule has 1 heterocycles. The van der Waals surface area contributed by atoms with Crippen molar-refractivity contribution < 1.29 is 19.2 Å². The minimum absolute atomic E-state index is 0.158. The van der Waals surface area contributed by atoms with Gasteiger partial charge in [0.1, 0.15) is 0 Å². The molecule has 0 fully saturated rings. The second-order valence-corrected chi connectivity index (χ2v) is 6.37. The third-order valence-electron chi connectivity index (χ3n) is 4.44. The lowest BCUT2D eigenvalue weighted by atomic mass is 10.2. The first-order valence-electron chi connectivity index (χ1n) is 9.07. The van der Waals surface area contributed by atoms with Gasteiger partial charge in [0.2, 0.25) is 5.95 Å². The SMILES string of the molecule is COC(=O)CCCCn1c(NC(=O)c2cccc([N+](=O)[O-])c2)nc2ccccc21. The highest BCUT2D eigenvalue weighted by atomic mass is 16.6. The number of fused-ring (bicyclic) bond motifs is 1. The largest absolute Gasteiger partial charge is 0.469 e. The highest BCUT2D eigenvalue weighted by Crippen LogP contribution is 2.22. The first kappa shape index (κ1) is 20.0. The molecule has 0 atom stereocenters. The maximum absolute atomic E-state index is 12.6. The van der Waals surface area contributed by atoms with Gasteiger partial charge in [0, 0.05) is 30.7 Å². The topological polar surface area (TPSA) is 116 Å². The molecule has 0 saturated carbocycles. The number of aromatic nitrogens is 2. The lowest BCUT2D eigenvalue weighted by molar-refractivity contribution is -0.384. The van der Waals surface area contributed by atoms with Crippen LogP contribution >= 0.6 is 0 Å². The first-order valence-corrected chi connectivity index (χ1v) is 9.07. The van der Waals surface area contributed by atoms with Crippen LogP contribution in [0.15, 0.2) is 48.5 Å². The zero-order valence-electron chi connectivity index (χ0n) is 15.8. The van der Waals surface area contributed by atoms with Gasteiger partial charge >= 0.3 is 5.97 Å². The van der Waals surface area contributed by atoms with Gasteiger partial charge in [0.25, 0.3) is 11.6 Å². The number of anilines is 1. The van der Waals surface area contributed by atoms with E-state index in [2.05, 4.69) is 15.0 Å². The number of hydrogen-bond donors (Lipinski definition) is 1. The number of carbonyl (C=O) groups excluding carboxylic acids is 2. The maximum Gasteiger partial charge on any atom is 0.305 e. The maximum atomic E-state index is 12.6. The Morgan fingerprint density at radius 3 is 2.72 bits per heavy atom. The number of benzene rings is 2. The lowest BCUT2D eigenvalue weighted by Gasteiger charge is -2.10. The van der Waals surface area contributed by atoms with E-state index in [0.717, 1.165) is 11.0 Å². The fourth-order valence-corrected chi connectivity index (χ4v) is 2.97. The van der Waals surface area contributed by atoms with Gasteiger partial charge < -0.3 is 9.30 Å². The Bertz CT molecular complexity index is 1060. The first-order chi connectivity index (χ1) is 14.0. The van der Waals surface area contributed by atoms with Crippen LogP contribution in [0.2, 0.25) is 0 Å². The molecule has 0 spiro atoms. The number of ether oxygens (including phenoxy) is 1. The molecule has 0 radical (unpaired) electrons. The number of nitrogens with zero attached hydrogens (tertiary/aromatic N) is 3. The van der Waals surface area contributed by atoms with Crippen molar-refractivity contribution in [2.45, 2.75) is 25.8 Å². The molecule has 9 nitrogen and oxygen atoms in total. The summed E-state index contributed by atoms with van der Waals surface area (Å²) in [4.78, 5) is 38.8. The molecule has 1 N–H and O–H groups in total. The monoisotopic (exact) mass is 396 g/mol. The summed E-state index contributed by atoms with van der Waals surface area (Å²) in [6.07, 6.45) is 1.64. The zero-order valence-corrected chi connectivity index (χ0v) is 15.8. The van der Waals surface area contributed by atoms with E-state index in [1.807, 2.05) is 28.8 Å². The summed E-state index contributed by atoms with van der Waals surface area (Å²) < 4.78 is 6.51. The molecule has 0 aliphatic carbocycles. The predicted molar refractivity (Wildman–Crippen MR) is 107 cm³/mol. The molecule has 3 aromatic rings. The summed E-state index contributed by atoms with van der Waals surface area (Å²) >= 11 is 0. The van der Waals surface area contributed by atoms with E-state index < -0.39 is 10.8 Å². The third-order valence-corrected chi connectivity index (χ3v) is 4.44. The van der Waals surface area contributed by atoms with Gasteiger partial charge in [-0.3, -0.25) is 25.0 Å². The number of nitro groups is 1. The van der Waals surface area contributed by atoms with Crippen LogP contribution in [0.25, 0.3) is 11.0 Å². The normalized spacial score (nSPS) is 10.7. The second-order valence-electron chi connectivity index (χ2n) is 6.37. The minimum Gasteiger partial charge on any atom is -0.469 e. The summed E-state index contributed by atoms with van der Waals surface area (Å²) in [5.41, 5.74) is 1.58. The number of non-ortho nitro benzene ring substituents is 1. The zero-order chi connectivity index (χ0) is 20.8. The standard InChI is InChI=1S/C20H20N4O5/c1-29-18(25)11-4-5-12-23-17-10-3-2-9-16(17)21-20(23)22-19(26)14-7-6-8-15(13-14)24(27)28/h2-3,6-10,13H,4-5,11-12H2,1H3,(H,21,22,26). The van der Waals surface area contributed by atoms with Crippen LogP contribution in [-0.4, -0.2) is 33.5 Å². The number of nitro benzene ring substituents is 1. The number of aryl methyl sites for hydroxylation is 1. The van der Waals surface area contributed by atoms with Crippen molar-refractivity contribution in [3.8, 4) is 0 Å². The van der Waals surface area contributed by atoms with Crippen LogP contribution < -0.4 is 5.32 Å². The van der Waals surface area contributed by atoms with Crippen LogP contribution in [0, 0.1) is 10.1 Å². The minimum atomic E-state index is -0.548. The summed E-state index contributed by atoms with van der Waals surface area (Å²) in [7, 11) is 1.35. The number of para-hydroxylation sites is 2. The van der Waals surface area contributed by atoms with Crippen LogP contribution in [0.1, 0.15) is 29.6 Å². The van der Waals surface area contributed by atoms with Gasteiger partial charge in [-0.25, -0.2) is 4.98 Å². The average molecular weight is 396 g/mol. The molecule has 29 heavy (non-hydrogen) atoms. The van der Waals surface area contributed by atoms with Crippen molar-refractivity contribution >= 4 is 34.5 Å². The summed E-state index contributed by atoms with van der Waals surface area (Å²) in [5.74, 6) is -0.403. The van der Waals surface area contributed by atoms with E-state index in [1.54, 1.807) is 0 Å². The molecule has 0 aliphatic rings. The van der Waals surface area contributed by atoms with Crippen LogP contribution in [0.4, 0.5) is 11.6 Å². The van der Waals surface area contributed by atoms with E-state index in [1.165, 1.54) is 31.4 Å². The Kier molecular flexibility index (Phi) is 6.18. The third kappa shape index (κ3) is 4.75. The van der Waals surface area contributed by atoms with E-state index in [-0.39, 0.29) is 17.2 Å². The van der Waals surface area contributed by atoms with Crippen molar-refractivity contribution in [2.75, 3.05) is 12.4 Å². The second kappa shape index (κ2) is 8.96. The summed E-state index contributed by atoms with van der Waals surface area (Å²) in [5, 5.41) is 13.7. The van der Waals surface area contributed by atoms with Crippen LogP contribution in [0.5, 0.6) is 0 Å².